The molecule has 96 valence electrons. The predicted octanol–water partition coefficient (Wildman–Crippen LogP) is 3.19. The molecule has 1 unspecified atom stereocenters. The van der Waals surface area contributed by atoms with Crippen LogP contribution in [0.5, 0.6) is 0 Å². The number of hydrogen-bond donors (Lipinski definition) is 1. The van der Waals surface area contributed by atoms with Gasteiger partial charge < -0.3 is 10.2 Å². The van der Waals surface area contributed by atoms with E-state index >= 15 is 0 Å². The van der Waals surface area contributed by atoms with Crippen molar-refractivity contribution in [3.63, 3.8) is 0 Å². The highest BCUT2D eigenvalue weighted by Crippen LogP contribution is 2.24. The molecule has 0 amide bonds. The Bertz CT molecular complexity index is 366. The van der Waals surface area contributed by atoms with Gasteiger partial charge >= 0.3 is 0 Å². The summed E-state index contributed by atoms with van der Waals surface area (Å²) in [7, 11) is 3.93. The first-order chi connectivity index (χ1) is 7.91. The highest BCUT2D eigenvalue weighted by molar-refractivity contribution is 9.10. The van der Waals surface area contributed by atoms with Crippen LogP contribution < -0.4 is 5.32 Å². The number of hydrogen-bond acceptors (Lipinski definition) is 2. The van der Waals surface area contributed by atoms with E-state index in [0.29, 0.717) is 6.04 Å². The normalized spacial score (nSPS) is 13.4. The molecule has 0 heterocycles. The number of rotatable bonds is 5. The number of halogens is 2. The number of benzene rings is 1. The van der Waals surface area contributed by atoms with Crippen molar-refractivity contribution in [1.29, 1.82) is 0 Å². The van der Waals surface area contributed by atoms with Crippen molar-refractivity contribution < 1.29 is 4.39 Å². The molecule has 0 radical (unpaired) electrons. The minimum absolute atomic E-state index is 0.0369. The highest BCUT2D eigenvalue weighted by atomic mass is 79.9. The summed E-state index contributed by atoms with van der Waals surface area (Å²) in [5, 5.41) is 3.35. The fourth-order valence-electron chi connectivity index (χ4n) is 1.69. The molecule has 0 fully saturated rings. The van der Waals surface area contributed by atoms with E-state index in [1.165, 1.54) is 6.07 Å². The second kappa shape index (κ2) is 6.47. The molecule has 0 bridgehead atoms. The molecule has 1 aromatic rings. The van der Waals surface area contributed by atoms with Crippen LogP contribution >= 0.6 is 15.9 Å². The van der Waals surface area contributed by atoms with Gasteiger partial charge in [-0.2, -0.15) is 0 Å². The van der Waals surface area contributed by atoms with E-state index in [2.05, 4.69) is 35.1 Å². The number of nitrogens with one attached hydrogen (secondary N) is 1. The van der Waals surface area contributed by atoms with Gasteiger partial charge in [0.2, 0.25) is 0 Å². The van der Waals surface area contributed by atoms with E-state index in [-0.39, 0.29) is 11.9 Å². The van der Waals surface area contributed by atoms with Crippen LogP contribution in [0.4, 0.5) is 4.39 Å². The molecule has 1 N–H and O–H groups in total. The lowest BCUT2D eigenvalue weighted by Gasteiger charge is -2.26. The molecular formula is C13H20BrFN2. The van der Waals surface area contributed by atoms with Crippen molar-refractivity contribution in [2.45, 2.75) is 25.9 Å². The Labute approximate surface area is 111 Å². The van der Waals surface area contributed by atoms with Gasteiger partial charge in [-0.15, -0.1) is 0 Å². The highest BCUT2D eigenvalue weighted by Gasteiger charge is 2.18. The lowest BCUT2D eigenvalue weighted by molar-refractivity contribution is 0.276. The third-order valence-electron chi connectivity index (χ3n) is 2.66. The van der Waals surface area contributed by atoms with E-state index < -0.39 is 0 Å². The van der Waals surface area contributed by atoms with Gasteiger partial charge in [0, 0.05) is 28.7 Å². The minimum Gasteiger partial charge on any atom is -0.313 e. The Morgan fingerprint density at radius 1 is 1.35 bits per heavy atom. The Morgan fingerprint density at radius 2 is 2.00 bits per heavy atom. The molecule has 0 saturated carbocycles. The van der Waals surface area contributed by atoms with E-state index in [1.807, 2.05) is 25.1 Å². The van der Waals surface area contributed by atoms with Gasteiger partial charge in [0.05, 0.1) is 0 Å². The van der Waals surface area contributed by atoms with Crippen LogP contribution in [-0.2, 0) is 0 Å². The zero-order valence-corrected chi connectivity index (χ0v) is 12.4. The first kappa shape index (κ1) is 14.6. The summed E-state index contributed by atoms with van der Waals surface area (Å²) < 4.78 is 14.7. The summed E-state index contributed by atoms with van der Waals surface area (Å²) in [6.07, 6.45) is 0. The van der Waals surface area contributed by atoms with E-state index in [9.17, 15) is 4.39 Å². The van der Waals surface area contributed by atoms with Gasteiger partial charge in [-0.3, -0.25) is 0 Å². The summed E-state index contributed by atoms with van der Waals surface area (Å²) in [6.45, 7) is 4.91. The smallest absolute Gasteiger partial charge is 0.128 e. The van der Waals surface area contributed by atoms with Gasteiger partial charge in [0.15, 0.2) is 0 Å². The third-order valence-corrected chi connectivity index (χ3v) is 3.15. The van der Waals surface area contributed by atoms with Gasteiger partial charge in [-0.25, -0.2) is 4.39 Å². The molecule has 1 atom stereocenters. The lowest BCUT2D eigenvalue weighted by Crippen LogP contribution is -2.34. The Kier molecular flexibility index (Phi) is 5.56. The molecule has 4 heteroatoms. The zero-order valence-electron chi connectivity index (χ0n) is 10.8. The van der Waals surface area contributed by atoms with Crippen LogP contribution in [0.25, 0.3) is 0 Å². The monoisotopic (exact) mass is 302 g/mol. The van der Waals surface area contributed by atoms with Crippen LogP contribution in [0.3, 0.4) is 0 Å². The third kappa shape index (κ3) is 4.37. The summed E-state index contributed by atoms with van der Waals surface area (Å²) in [6, 6.07) is 5.51. The molecular weight excluding hydrogens is 283 g/mol. The average molecular weight is 303 g/mol. The van der Waals surface area contributed by atoms with Crippen molar-refractivity contribution >= 4 is 15.9 Å². The largest absolute Gasteiger partial charge is 0.313 e. The molecule has 0 aliphatic heterocycles. The van der Waals surface area contributed by atoms with Crippen LogP contribution in [0.2, 0.25) is 0 Å². The fraction of sp³-hybridized carbons (Fsp3) is 0.538. The maximum absolute atomic E-state index is 13.8. The van der Waals surface area contributed by atoms with Gasteiger partial charge in [-0.05, 0) is 32.3 Å². The summed E-state index contributed by atoms with van der Waals surface area (Å²) in [4.78, 5) is 2.03. The van der Waals surface area contributed by atoms with E-state index in [4.69, 9.17) is 0 Å². The van der Waals surface area contributed by atoms with Crippen molar-refractivity contribution in [2.24, 2.45) is 0 Å². The van der Waals surface area contributed by atoms with Crippen LogP contribution in [0.1, 0.15) is 25.5 Å². The molecule has 0 saturated heterocycles. The van der Waals surface area contributed by atoms with Gasteiger partial charge in [0.1, 0.15) is 5.82 Å². The van der Waals surface area contributed by atoms with Crippen LogP contribution in [0.15, 0.2) is 22.7 Å². The zero-order chi connectivity index (χ0) is 13.0. The summed E-state index contributed by atoms with van der Waals surface area (Å²) in [5.41, 5.74) is 0.720. The average Bonchev–Trinajstić information content (AvgIpc) is 2.22. The van der Waals surface area contributed by atoms with Crippen molar-refractivity contribution in [3.8, 4) is 0 Å². The number of likely N-dealkylation sites (N-methyl/N-ethyl adjacent to an activating group) is 1. The maximum atomic E-state index is 13.8. The summed E-state index contributed by atoms with van der Waals surface area (Å²) >= 11 is 3.39. The molecule has 0 aromatic heterocycles. The molecule has 0 spiro atoms. The number of nitrogens with zero attached hydrogens (tertiary/aromatic N) is 1. The topological polar surface area (TPSA) is 15.3 Å². The Hall–Kier alpha value is -0.450. The van der Waals surface area contributed by atoms with Crippen molar-refractivity contribution in [1.82, 2.24) is 10.2 Å². The molecule has 0 aliphatic rings. The van der Waals surface area contributed by atoms with Gasteiger partial charge in [-0.1, -0.05) is 29.8 Å². The van der Waals surface area contributed by atoms with Crippen molar-refractivity contribution in [2.75, 3.05) is 20.6 Å². The second-order valence-corrected chi connectivity index (χ2v) is 5.62. The molecule has 0 aliphatic carbocycles. The molecule has 2 nitrogen and oxygen atoms in total. The van der Waals surface area contributed by atoms with E-state index in [0.717, 1.165) is 16.6 Å². The molecule has 17 heavy (non-hydrogen) atoms. The van der Waals surface area contributed by atoms with Crippen LogP contribution in [0, 0.1) is 5.82 Å². The lowest BCUT2D eigenvalue weighted by atomic mass is 10.1. The molecule has 1 aromatic carbocycles. The van der Waals surface area contributed by atoms with Gasteiger partial charge in [0.25, 0.3) is 0 Å². The quantitative estimate of drug-likeness (QED) is 0.898. The first-order valence-corrected chi connectivity index (χ1v) is 6.56. The van der Waals surface area contributed by atoms with Crippen molar-refractivity contribution in [3.05, 3.63) is 34.1 Å². The first-order valence-electron chi connectivity index (χ1n) is 5.76. The SMILES string of the molecule is CC(C)NCC(c1cc(Br)ccc1F)N(C)C. The standard InChI is InChI=1S/C13H20BrFN2/c1-9(2)16-8-13(17(3)4)11-7-10(14)5-6-12(11)15/h5-7,9,13,16H,8H2,1-4H3. The fourth-order valence-corrected chi connectivity index (χ4v) is 2.07. The second-order valence-electron chi connectivity index (χ2n) is 4.71. The Morgan fingerprint density at radius 3 is 2.53 bits per heavy atom. The van der Waals surface area contributed by atoms with Crippen LogP contribution in [-0.4, -0.2) is 31.6 Å². The Balaban J connectivity index is 2.92. The predicted molar refractivity (Wildman–Crippen MR) is 73.7 cm³/mol. The summed E-state index contributed by atoms with van der Waals surface area (Å²) in [5.74, 6) is -0.155. The molecule has 1 rings (SSSR count). The minimum atomic E-state index is -0.155. The van der Waals surface area contributed by atoms with E-state index in [1.54, 1.807) is 6.07 Å². The maximum Gasteiger partial charge on any atom is 0.128 e.